The molecule has 16 heavy (non-hydrogen) atoms. The van der Waals surface area contributed by atoms with Crippen LogP contribution in [0.5, 0.6) is 0 Å². The van der Waals surface area contributed by atoms with Crippen LogP contribution in [-0.2, 0) is 4.43 Å². The van der Waals surface area contributed by atoms with E-state index < -0.39 is 0 Å². The Morgan fingerprint density at radius 3 is 2.12 bits per heavy atom. The molecule has 0 saturated carbocycles. The van der Waals surface area contributed by atoms with Gasteiger partial charge in [0.1, 0.15) is 0 Å². The second-order valence-electron chi connectivity index (χ2n) is 5.96. The average molecular weight is 244 g/mol. The smallest absolute Gasteiger partial charge is 0.167 e. The number of hydrogen-bond donors (Lipinski definition) is 0. The molecule has 0 aromatic heterocycles. The lowest BCUT2D eigenvalue weighted by Crippen LogP contribution is -2.22. The fourth-order valence-corrected chi connectivity index (χ4v) is 2.69. The minimum Gasteiger partial charge on any atom is -0.423 e. The van der Waals surface area contributed by atoms with Crippen molar-refractivity contribution in [3.8, 4) is 0 Å². The first kappa shape index (κ1) is 16.2. The van der Waals surface area contributed by atoms with Crippen LogP contribution in [0, 0.1) is 5.92 Å². The van der Waals surface area contributed by atoms with E-state index in [-0.39, 0.29) is 9.76 Å². The van der Waals surface area contributed by atoms with E-state index in [0.717, 1.165) is 12.5 Å². The Balaban J connectivity index is 3.27. The summed E-state index contributed by atoms with van der Waals surface area (Å²) >= 11 is 0. The lowest BCUT2D eigenvalue weighted by molar-refractivity contribution is 0.291. The molecule has 0 atom stereocenters. The summed E-state index contributed by atoms with van der Waals surface area (Å²) < 4.78 is 5.91. The summed E-state index contributed by atoms with van der Waals surface area (Å²) in [6.45, 7) is 12.6. The first-order chi connectivity index (χ1) is 7.50. The van der Waals surface area contributed by atoms with Crippen molar-refractivity contribution in [3.63, 3.8) is 0 Å². The SMILES string of the molecule is CCCCCCCCO[SiH2]C(C)(C)C(C)C. The van der Waals surface area contributed by atoms with E-state index in [9.17, 15) is 0 Å². The van der Waals surface area contributed by atoms with Crippen molar-refractivity contribution in [3.05, 3.63) is 0 Å². The molecule has 0 spiro atoms. The highest BCUT2D eigenvalue weighted by atomic mass is 28.2. The zero-order chi connectivity index (χ0) is 12.4. The van der Waals surface area contributed by atoms with E-state index >= 15 is 0 Å². The summed E-state index contributed by atoms with van der Waals surface area (Å²) in [6, 6.07) is 0. The van der Waals surface area contributed by atoms with E-state index in [1.54, 1.807) is 0 Å². The zero-order valence-electron chi connectivity index (χ0n) is 12.1. The molecule has 98 valence electrons. The number of unbranched alkanes of at least 4 members (excludes halogenated alkanes) is 5. The molecule has 0 unspecified atom stereocenters. The highest BCUT2D eigenvalue weighted by Crippen LogP contribution is 2.32. The van der Waals surface area contributed by atoms with Crippen LogP contribution < -0.4 is 0 Å². The Labute approximate surface area is 105 Å². The second kappa shape index (κ2) is 9.23. The fourth-order valence-electron chi connectivity index (χ4n) is 1.49. The summed E-state index contributed by atoms with van der Waals surface area (Å²) in [6.07, 6.45) is 8.17. The first-order valence-corrected chi connectivity index (χ1v) is 8.37. The molecule has 0 rings (SSSR count). The predicted octanol–water partition coefficient (Wildman–Crippen LogP) is 4.30. The van der Waals surface area contributed by atoms with Gasteiger partial charge < -0.3 is 4.43 Å². The molecule has 0 aliphatic heterocycles. The van der Waals surface area contributed by atoms with Crippen molar-refractivity contribution in [1.82, 2.24) is 0 Å². The minimum atomic E-state index is -0.352. The van der Waals surface area contributed by atoms with Crippen LogP contribution >= 0.6 is 0 Å². The number of rotatable bonds is 10. The summed E-state index contributed by atoms with van der Waals surface area (Å²) in [7, 11) is -0.352. The molecule has 0 N–H and O–H groups in total. The molecule has 0 aromatic carbocycles. The van der Waals surface area contributed by atoms with Crippen LogP contribution in [0.3, 0.4) is 0 Å². The van der Waals surface area contributed by atoms with Crippen molar-refractivity contribution < 1.29 is 4.43 Å². The van der Waals surface area contributed by atoms with Gasteiger partial charge in [-0.15, -0.1) is 0 Å². The molecule has 0 radical (unpaired) electrons. The van der Waals surface area contributed by atoms with E-state index in [0.29, 0.717) is 5.04 Å². The molecule has 0 aromatic rings. The van der Waals surface area contributed by atoms with E-state index in [1.165, 1.54) is 38.5 Å². The molecule has 0 aliphatic rings. The largest absolute Gasteiger partial charge is 0.423 e. The van der Waals surface area contributed by atoms with Crippen molar-refractivity contribution in [2.45, 2.75) is 78.2 Å². The lowest BCUT2D eigenvalue weighted by Gasteiger charge is -2.28. The monoisotopic (exact) mass is 244 g/mol. The molecule has 0 bridgehead atoms. The maximum absolute atomic E-state index is 5.91. The lowest BCUT2D eigenvalue weighted by atomic mass is 9.99. The molecule has 0 saturated heterocycles. The summed E-state index contributed by atoms with van der Waals surface area (Å²) in [5.41, 5.74) is 0. The van der Waals surface area contributed by atoms with Gasteiger partial charge in [-0.2, -0.15) is 0 Å². The Morgan fingerprint density at radius 2 is 1.56 bits per heavy atom. The Morgan fingerprint density at radius 1 is 1.00 bits per heavy atom. The van der Waals surface area contributed by atoms with Crippen LogP contribution in [0.2, 0.25) is 5.04 Å². The average Bonchev–Trinajstić information content (AvgIpc) is 2.21. The third kappa shape index (κ3) is 8.34. The first-order valence-electron chi connectivity index (χ1n) is 7.08. The van der Waals surface area contributed by atoms with Gasteiger partial charge in [0.05, 0.1) is 0 Å². The normalized spacial score (nSPS) is 13.1. The van der Waals surface area contributed by atoms with Crippen LogP contribution in [0.15, 0.2) is 0 Å². The Hall–Kier alpha value is 0.177. The predicted molar refractivity (Wildman–Crippen MR) is 76.8 cm³/mol. The maximum Gasteiger partial charge on any atom is 0.167 e. The molecule has 0 heterocycles. The second-order valence-corrected chi connectivity index (χ2v) is 8.48. The molecule has 2 heteroatoms. The van der Waals surface area contributed by atoms with Gasteiger partial charge in [0.2, 0.25) is 0 Å². The van der Waals surface area contributed by atoms with Crippen LogP contribution in [-0.4, -0.2) is 16.4 Å². The molecule has 1 nitrogen and oxygen atoms in total. The van der Waals surface area contributed by atoms with Crippen LogP contribution in [0.4, 0.5) is 0 Å². The topological polar surface area (TPSA) is 9.23 Å². The van der Waals surface area contributed by atoms with Gasteiger partial charge in [-0.05, 0) is 17.4 Å². The highest BCUT2D eigenvalue weighted by molar-refractivity contribution is 6.32. The van der Waals surface area contributed by atoms with E-state index in [4.69, 9.17) is 4.43 Å². The third-order valence-corrected chi connectivity index (χ3v) is 5.73. The highest BCUT2D eigenvalue weighted by Gasteiger charge is 2.23. The van der Waals surface area contributed by atoms with Crippen LogP contribution in [0.1, 0.15) is 73.1 Å². The van der Waals surface area contributed by atoms with Crippen molar-refractivity contribution in [2.75, 3.05) is 6.61 Å². The van der Waals surface area contributed by atoms with Crippen molar-refractivity contribution >= 4 is 9.76 Å². The Kier molecular flexibility index (Phi) is 9.33. The standard InChI is InChI=1S/C14H32OSi/c1-6-7-8-9-10-11-12-15-16-14(4,5)13(2)3/h13H,6-12,16H2,1-5H3. The van der Waals surface area contributed by atoms with Crippen molar-refractivity contribution in [1.29, 1.82) is 0 Å². The molecular weight excluding hydrogens is 212 g/mol. The van der Waals surface area contributed by atoms with Gasteiger partial charge in [-0.25, -0.2) is 0 Å². The zero-order valence-corrected chi connectivity index (χ0v) is 13.6. The van der Waals surface area contributed by atoms with Gasteiger partial charge >= 0.3 is 0 Å². The van der Waals surface area contributed by atoms with Gasteiger partial charge in [0, 0.05) is 6.61 Å². The molecular formula is C14H32OSi. The maximum atomic E-state index is 5.91. The van der Waals surface area contributed by atoms with E-state index in [1.807, 2.05) is 0 Å². The van der Waals surface area contributed by atoms with Crippen LogP contribution in [0.25, 0.3) is 0 Å². The van der Waals surface area contributed by atoms with Gasteiger partial charge in [-0.3, -0.25) is 0 Å². The van der Waals surface area contributed by atoms with Crippen molar-refractivity contribution in [2.24, 2.45) is 5.92 Å². The minimum absolute atomic E-state index is 0.352. The third-order valence-electron chi connectivity index (χ3n) is 3.68. The summed E-state index contributed by atoms with van der Waals surface area (Å²) in [4.78, 5) is 0. The van der Waals surface area contributed by atoms with Gasteiger partial charge in [0.25, 0.3) is 0 Å². The molecule has 0 amide bonds. The van der Waals surface area contributed by atoms with E-state index in [2.05, 4.69) is 34.6 Å². The van der Waals surface area contributed by atoms with Gasteiger partial charge in [0.15, 0.2) is 9.76 Å². The number of hydrogen-bond acceptors (Lipinski definition) is 1. The quantitative estimate of drug-likeness (QED) is 0.411. The fraction of sp³-hybridized carbons (Fsp3) is 1.00. The Bertz CT molecular complexity index is 155. The summed E-state index contributed by atoms with van der Waals surface area (Å²) in [5, 5.41) is 0.461. The van der Waals surface area contributed by atoms with Gasteiger partial charge in [-0.1, -0.05) is 66.7 Å². The molecule has 0 aliphatic carbocycles. The summed E-state index contributed by atoms with van der Waals surface area (Å²) in [5.74, 6) is 0.753. The molecule has 0 fully saturated rings.